The molecule has 4 N–H and O–H groups in total. The van der Waals surface area contributed by atoms with Gasteiger partial charge in [-0.15, -0.1) is 0 Å². The van der Waals surface area contributed by atoms with Crippen molar-refractivity contribution in [3.63, 3.8) is 0 Å². The van der Waals surface area contributed by atoms with E-state index < -0.39 is 7.25 Å². The van der Waals surface area contributed by atoms with Crippen molar-refractivity contribution in [3.05, 3.63) is 107 Å². The highest BCUT2D eigenvalue weighted by molar-refractivity contribution is 6.50. The van der Waals surface area contributed by atoms with E-state index in [1.807, 2.05) is 85.0 Å². The minimum atomic E-state index is -6.00. The van der Waals surface area contributed by atoms with E-state index in [9.17, 15) is 17.3 Å². The van der Waals surface area contributed by atoms with Gasteiger partial charge in [0, 0.05) is 29.0 Å². The Morgan fingerprint density at radius 1 is 0.818 bits per heavy atom. The predicted octanol–water partition coefficient (Wildman–Crippen LogP) is 4.61. The van der Waals surface area contributed by atoms with Crippen LogP contribution < -0.4 is 15.9 Å². The molecule has 0 fully saturated rings. The van der Waals surface area contributed by atoms with Gasteiger partial charge in [0.2, 0.25) is 0 Å². The number of hydrogen-bond acceptors (Lipinski definition) is 3. The molecule has 2 aromatic carbocycles. The van der Waals surface area contributed by atoms with Gasteiger partial charge in [-0.25, -0.2) is 0 Å². The van der Waals surface area contributed by atoms with Crippen molar-refractivity contribution >= 4 is 30.0 Å². The normalized spacial score (nSPS) is 15.2. The zero-order chi connectivity index (χ0) is 24.0. The van der Waals surface area contributed by atoms with Crippen molar-refractivity contribution in [1.29, 1.82) is 0 Å². The molecule has 2 aromatic rings. The first-order chi connectivity index (χ1) is 15.6. The number of nitrogens with two attached hydrogens (primary N) is 2. The lowest BCUT2D eigenvalue weighted by Gasteiger charge is -2.20. The quantitative estimate of drug-likeness (QED) is 0.403. The van der Waals surface area contributed by atoms with Crippen LogP contribution in [0.4, 0.5) is 23.0 Å². The number of rotatable bonds is 3. The van der Waals surface area contributed by atoms with Gasteiger partial charge in [0.25, 0.3) is 0 Å². The molecule has 33 heavy (non-hydrogen) atoms. The summed E-state index contributed by atoms with van der Waals surface area (Å²) in [5.41, 5.74) is 11.3. The zero-order valence-corrected chi connectivity index (χ0v) is 17.6. The molecular weight excluding hydrogens is 435 g/mol. The summed E-state index contributed by atoms with van der Waals surface area (Å²) in [6, 6.07) is 15.6. The third-order valence-corrected chi connectivity index (χ3v) is 4.61. The van der Waals surface area contributed by atoms with Crippen LogP contribution in [0.2, 0.25) is 0 Å². The van der Waals surface area contributed by atoms with Crippen LogP contribution in [0, 0.1) is 0 Å². The summed E-state index contributed by atoms with van der Waals surface area (Å²) >= 11 is 0. The molecule has 1 aliphatic heterocycles. The van der Waals surface area contributed by atoms with E-state index in [2.05, 4.69) is 0 Å². The lowest BCUT2D eigenvalue weighted by atomic mass is 9.98. The van der Waals surface area contributed by atoms with Crippen LogP contribution in [0.5, 0.6) is 5.75 Å². The maximum atomic E-state index is 9.75. The van der Waals surface area contributed by atoms with E-state index >= 15 is 0 Å². The smallest absolute Gasteiger partial charge is 0.497 e. The summed E-state index contributed by atoms with van der Waals surface area (Å²) in [6.07, 6.45) is 11.7. The van der Waals surface area contributed by atoms with E-state index in [4.69, 9.17) is 20.6 Å². The molecule has 0 atom stereocenters. The average molecular weight is 456 g/mol. The molecular formula is C24H21BF4N2O2. The maximum Gasteiger partial charge on any atom is 0.673 e. The van der Waals surface area contributed by atoms with Crippen LogP contribution in [-0.2, 0) is 4.74 Å². The lowest BCUT2D eigenvalue weighted by Crippen LogP contribution is -2.37. The Labute approximate surface area is 188 Å². The molecule has 0 amide bonds. The van der Waals surface area contributed by atoms with Crippen molar-refractivity contribution in [2.45, 2.75) is 0 Å². The first-order valence-corrected chi connectivity index (χ1v) is 9.84. The Morgan fingerprint density at radius 3 is 1.91 bits per heavy atom. The number of hydrogen-bond donors (Lipinski definition) is 2. The molecule has 0 saturated heterocycles. The number of ether oxygens (including phenoxy) is 2. The molecule has 4 nitrogen and oxygen atoms in total. The first kappa shape index (κ1) is 23.7. The van der Waals surface area contributed by atoms with Gasteiger partial charge in [-0.2, -0.15) is 0 Å². The molecule has 0 spiro atoms. The fourth-order valence-corrected chi connectivity index (χ4v) is 3.03. The van der Waals surface area contributed by atoms with E-state index in [0.29, 0.717) is 11.4 Å². The van der Waals surface area contributed by atoms with E-state index in [1.54, 1.807) is 7.11 Å². The number of allylic oxidation sites excluding steroid dienone is 8. The fraction of sp³-hybridized carbons (Fsp3) is 0.0417. The molecule has 2 aliphatic rings. The second-order valence-corrected chi connectivity index (χ2v) is 7.04. The van der Waals surface area contributed by atoms with Gasteiger partial charge < -0.3 is 32.5 Å². The highest BCUT2D eigenvalue weighted by atomic mass is 19.5. The zero-order valence-electron chi connectivity index (χ0n) is 17.6. The Kier molecular flexibility index (Phi) is 7.22. The van der Waals surface area contributed by atoms with Crippen LogP contribution in [0.1, 0.15) is 11.1 Å². The van der Waals surface area contributed by atoms with Crippen molar-refractivity contribution in [2.75, 3.05) is 12.8 Å². The van der Waals surface area contributed by atoms with Crippen LogP contribution in [0.15, 0.2) is 96.3 Å². The summed E-state index contributed by atoms with van der Waals surface area (Å²) in [6.45, 7) is 0. The number of benzene rings is 2. The van der Waals surface area contributed by atoms with E-state index in [0.717, 1.165) is 39.5 Å². The number of nitrogen functional groups attached to an aromatic ring is 1. The Balaban J connectivity index is 0.000000555. The predicted molar refractivity (Wildman–Crippen MR) is 123 cm³/mol. The van der Waals surface area contributed by atoms with Crippen LogP contribution in [0.25, 0.3) is 11.3 Å². The minimum absolute atomic E-state index is 0.716. The maximum absolute atomic E-state index is 9.75. The molecule has 0 aromatic heterocycles. The molecule has 0 unspecified atom stereocenters. The minimum Gasteiger partial charge on any atom is -0.497 e. The Hall–Kier alpha value is -4.01. The summed E-state index contributed by atoms with van der Waals surface area (Å²) in [4.78, 5) is 0. The van der Waals surface area contributed by atoms with Gasteiger partial charge in [-0.3, -0.25) is 5.41 Å². The third kappa shape index (κ3) is 7.00. The molecule has 0 radical (unpaired) electrons. The largest absolute Gasteiger partial charge is 0.673 e. The van der Waals surface area contributed by atoms with Gasteiger partial charge >= 0.3 is 7.25 Å². The number of methoxy groups -OCH3 is 1. The third-order valence-electron chi connectivity index (χ3n) is 4.61. The van der Waals surface area contributed by atoms with Gasteiger partial charge in [0.05, 0.1) is 7.11 Å². The monoisotopic (exact) mass is 456 g/mol. The standard InChI is InChI=1S/C24H20N2O2.BF4/c1-27-22-12-6-16(7-13-22)19-14-23(17-2-8-20(25)9-3-17)28-24(15-19)18-4-10-21(26)11-5-18;2-1(3,4)5/h2-15,25H,26H2,1H3;/q;-1/p+1. The number of anilines is 1. The topological polar surface area (TPSA) is 70.1 Å². The first-order valence-electron chi connectivity index (χ1n) is 9.84. The molecule has 4 rings (SSSR count). The van der Waals surface area contributed by atoms with Gasteiger partial charge in [0.1, 0.15) is 17.3 Å². The highest BCUT2D eigenvalue weighted by Crippen LogP contribution is 2.34. The summed E-state index contributed by atoms with van der Waals surface area (Å²) in [7, 11) is -4.34. The summed E-state index contributed by atoms with van der Waals surface area (Å²) in [5, 5.41) is 5.83. The Morgan fingerprint density at radius 2 is 1.36 bits per heavy atom. The molecule has 9 heteroatoms. The Bertz CT molecular complexity index is 1150. The van der Waals surface area contributed by atoms with Gasteiger partial charge in [-0.05, 0) is 71.8 Å². The molecule has 0 saturated carbocycles. The number of halogens is 4. The van der Waals surface area contributed by atoms with Crippen LogP contribution in [0.3, 0.4) is 0 Å². The van der Waals surface area contributed by atoms with Crippen LogP contribution >= 0.6 is 0 Å². The molecule has 170 valence electrons. The summed E-state index contributed by atoms with van der Waals surface area (Å²) in [5.74, 6) is 2.35. The van der Waals surface area contributed by atoms with Gasteiger partial charge in [-0.1, -0.05) is 12.1 Å². The molecule has 1 heterocycles. The molecule has 0 bridgehead atoms. The SMILES string of the molecule is COc1ccc(C2=CC(=C3C=CC(=[NH2+])C=C3)OC(c3ccc(N)cc3)=C2)cc1.F[B-](F)(F)F. The molecule has 1 aliphatic carbocycles. The van der Waals surface area contributed by atoms with Crippen molar-refractivity contribution in [2.24, 2.45) is 0 Å². The second-order valence-electron chi connectivity index (χ2n) is 7.04. The van der Waals surface area contributed by atoms with Crippen molar-refractivity contribution in [3.8, 4) is 5.75 Å². The average Bonchev–Trinajstić information content (AvgIpc) is 2.79. The van der Waals surface area contributed by atoms with Crippen LogP contribution in [-0.4, -0.2) is 20.1 Å². The lowest BCUT2D eigenvalue weighted by molar-refractivity contribution is -0.110. The van der Waals surface area contributed by atoms with Gasteiger partial charge in [0.15, 0.2) is 5.71 Å². The fourth-order valence-electron chi connectivity index (χ4n) is 3.03. The second kappa shape index (κ2) is 10.1. The van der Waals surface area contributed by atoms with Crippen molar-refractivity contribution < 1.29 is 32.1 Å². The summed E-state index contributed by atoms with van der Waals surface area (Å²) < 4.78 is 50.5. The highest BCUT2D eigenvalue weighted by Gasteiger charge is 2.20. The van der Waals surface area contributed by atoms with E-state index in [1.165, 1.54) is 0 Å². The van der Waals surface area contributed by atoms with Crippen molar-refractivity contribution in [1.82, 2.24) is 0 Å². The van der Waals surface area contributed by atoms with E-state index in [-0.39, 0.29) is 0 Å².